The first-order valence-corrected chi connectivity index (χ1v) is 8.17. The molecule has 1 N–H and O–H groups in total. The van der Waals surface area contributed by atoms with Crippen LogP contribution in [0.5, 0.6) is 0 Å². The summed E-state index contributed by atoms with van der Waals surface area (Å²) in [4.78, 5) is 7.63. The number of nitrogens with zero attached hydrogens (tertiary/aromatic N) is 1. The van der Waals surface area contributed by atoms with Crippen molar-refractivity contribution >= 4 is 27.7 Å². The van der Waals surface area contributed by atoms with Crippen molar-refractivity contribution in [1.29, 1.82) is 0 Å². The molecular weight excluding hydrogens is 351 g/mol. The van der Waals surface area contributed by atoms with Gasteiger partial charge in [0.25, 0.3) is 0 Å². The lowest BCUT2D eigenvalue weighted by molar-refractivity contribution is 0.626. The topological polar surface area (TPSA) is 28.7 Å². The first-order valence-electron chi connectivity index (χ1n) is 6.39. The molecule has 21 heavy (non-hydrogen) atoms. The third-order valence-corrected chi connectivity index (χ3v) is 4.46. The maximum atomic E-state index is 13.1. The molecule has 0 aliphatic heterocycles. The van der Waals surface area contributed by atoms with E-state index in [1.165, 1.54) is 6.07 Å². The highest BCUT2D eigenvalue weighted by Crippen LogP contribution is 2.25. The molecule has 0 saturated carbocycles. The number of aromatic amines is 1. The fourth-order valence-electron chi connectivity index (χ4n) is 1.93. The Morgan fingerprint density at radius 2 is 1.95 bits per heavy atom. The lowest BCUT2D eigenvalue weighted by Crippen LogP contribution is -1.83. The molecule has 0 saturated heterocycles. The number of H-pyrrole nitrogens is 1. The number of imidazole rings is 1. The molecule has 0 radical (unpaired) electrons. The quantitative estimate of drug-likeness (QED) is 0.640. The molecule has 2 aromatic carbocycles. The van der Waals surface area contributed by atoms with Crippen molar-refractivity contribution < 1.29 is 4.39 Å². The summed E-state index contributed by atoms with van der Waals surface area (Å²) < 4.78 is 14.2. The molecule has 0 aliphatic carbocycles. The minimum Gasteiger partial charge on any atom is -0.333 e. The smallest absolute Gasteiger partial charge is 0.166 e. The number of nitrogens with one attached hydrogen (secondary N) is 1. The van der Waals surface area contributed by atoms with Crippen molar-refractivity contribution in [3.05, 3.63) is 70.6 Å². The van der Waals surface area contributed by atoms with Crippen LogP contribution in [0.1, 0.15) is 5.56 Å². The Balaban J connectivity index is 1.69. The van der Waals surface area contributed by atoms with Crippen LogP contribution < -0.4 is 0 Å². The predicted molar refractivity (Wildman–Crippen MR) is 87.7 cm³/mol. The van der Waals surface area contributed by atoms with Gasteiger partial charge in [-0.25, -0.2) is 9.37 Å². The van der Waals surface area contributed by atoms with E-state index in [9.17, 15) is 4.39 Å². The van der Waals surface area contributed by atoms with E-state index >= 15 is 0 Å². The van der Waals surface area contributed by atoms with Gasteiger partial charge in [-0.05, 0) is 35.4 Å². The average molecular weight is 363 g/mol. The van der Waals surface area contributed by atoms with Crippen LogP contribution in [0.25, 0.3) is 11.3 Å². The highest BCUT2D eigenvalue weighted by Gasteiger charge is 2.04. The largest absolute Gasteiger partial charge is 0.333 e. The van der Waals surface area contributed by atoms with Crippen molar-refractivity contribution in [1.82, 2.24) is 9.97 Å². The van der Waals surface area contributed by atoms with Crippen LogP contribution in [-0.4, -0.2) is 9.97 Å². The van der Waals surface area contributed by atoms with Gasteiger partial charge in [0.15, 0.2) is 5.16 Å². The summed E-state index contributed by atoms with van der Waals surface area (Å²) in [5.74, 6) is 0.480. The van der Waals surface area contributed by atoms with Crippen LogP contribution >= 0.6 is 27.7 Å². The molecule has 0 amide bonds. The van der Waals surface area contributed by atoms with Gasteiger partial charge in [0.2, 0.25) is 0 Å². The molecule has 1 heterocycles. The second-order valence-corrected chi connectivity index (χ2v) is 6.41. The monoisotopic (exact) mass is 362 g/mol. The SMILES string of the molecule is Fc1cccc(CSc2ncc(-c3ccc(Br)cc3)[nH]2)c1. The normalized spacial score (nSPS) is 10.8. The summed E-state index contributed by atoms with van der Waals surface area (Å²) in [6.07, 6.45) is 1.82. The Labute approximate surface area is 134 Å². The van der Waals surface area contributed by atoms with Crippen LogP contribution in [0, 0.1) is 5.82 Å². The van der Waals surface area contributed by atoms with E-state index in [4.69, 9.17) is 0 Å². The number of halogens is 2. The number of rotatable bonds is 4. The number of thioether (sulfide) groups is 1. The van der Waals surface area contributed by atoms with Gasteiger partial charge in [0.05, 0.1) is 11.9 Å². The maximum absolute atomic E-state index is 13.1. The lowest BCUT2D eigenvalue weighted by atomic mass is 10.2. The van der Waals surface area contributed by atoms with Crippen LogP contribution in [0.4, 0.5) is 4.39 Å². The van der Waals surface area contributed by atoms with Crippen LogP contribution in [-0.2, 0) is 5.75 Å². The Hall–Kier alpha value is -1.59. The standard InChI is InChI=1S/C16H12BrFN2S/c17-13-6-4-12(5-7-13)15-9-19-16(20-15)21-10-11-2-1-3-14(18)8-11/h1-9H,10H2,(H,19,20). The minimum absolute atomic E-state index is 0.205. The Morgan fingerprint density at radius 1 is 1.14 bits per heavy atom. The number of hydrogen-bond acceptors (Lipinski definition) is 2. The highest BCUT2D eigenvalue weighted by molar-refractivity contribution is 9.10. The average Bonchev–Trinajstić information content (AvgIpc) is 2.95. The van der Waals surface area contributed by atoms with E-state index in [1.54, 1.807) is 23.9 Å². The minimum atomic E-state index is -0.205. The molecular formula is C16H12BrFN2S. The fourth-order valence-corrected chi connectivity index (χ4v) is 2.99. The number of hydrogen-bond donors (Lipinski definition) is 1. The number of benzene rings is 2. The molecule has 5 heteroatoms. The van der Waals surface area contributed by atoms with E-state index in [0.717, 1.165) is 26.4 Å². The third-order valence-electron chi connectivity index (χ3n) is 2.97. The molecule has 0 fully saturated rings. The maximum Gasteiger partial charge on any atom is 0.166 e. The molecule has 0 unspecified atom stereocenters. The van der Waals surface area contributed by atoms with Gasteiger partial charge >= 0.3 is 0 Å². The molecule has 106 valence electrons. The number of aromatic nitrogens is 2. The van der Waals surface area contributed by atoms with Gasteiger partial charge in [-0.3, -0.25) is 0 Å². The summed E-state index contributed by atoms with van der Waals surface area (Å²) in [6.45, 7) is 0. The lowest BCUT2D eigenvalue weighted by Gasteiger charge is -2.00. The van der Waals surface area contributed by atoms with E-state index in [-0.39, 0.29) is 5.82 Å². The summed E-state index contributed by atoms with van der Waals surface area (Å²) >= 11 is 4.98. The highest BCUT2D eigenvalue weighted by atomic mass is 79.9. The van der Waals surface area contributed by atoms with Gasteiger partial charge in [-0.2, -0.15) is 0 Å². The van der Waals surface area contributed by atoms with E-state index in [2.05, 4.69) is 25.9 Å². The first kappa shape index (κ1) is 14.4. The van der Waals surface area contributed by atoms with Gasteiger partial charge in [-0.15, -0.1) is 0 Å². The van der Waals surface area contributed by atoms with Crippen molar-refractivity contribution in [3.63, 3.8) is 0 Å². The molecule has 0 atom stereocenters. The van der Waals surface area contributed by atoms with Crippen molar-refractivity contribution in [3.8, 4) is 11.3 Å². The Kier molecular flexibility index (Phi) is 4.41. The molecule has 3 aromatic rings. The predicted octanol–water partition coefficient (Wildman–Crippen LogP) is 5.27. The molecule has 2 nitrogen and oxygen atoms in total. The molecule has 1 aromatic heterocycles. The Morgan fingerprint density at radius 3 is 2.71 bits per heavy atom. The van der Waals surface area contributed by atoms with E-state index in [0.29, 0.717) is 5.75 Å². The second-order valence-electron chi connectivity index (χ2n) is 4.53. The Bertz CT molecular complexity index is 740. The van der Waals surface area contributed by atoms with Gasteiger partial charge < -0.3 is 4.98 Å². The van der Waals surface area contributed by atoms with Crippen molar-refractivity contribution in [2.45, 2.75) is 10.9 Å². The summed E-state index contributed by atoms with van der Waals surface area (Å²) in [5.41, 5.74) is 3.01. The zero-order valence-electron chi connectivity index (χ0n) is 11.0. The molecule has 3 rings (SSSR count). The third kappa shape index (κ3) is 3.74. The van der Waals surface area contributed by atoms with Gasteiger partial charge in [0, 0.05) is 10.2 Å². The van der Waals surface area contributed by atoms with Crippen LogP contribution in [0.3, 0.4) is 0 Å². The summed E-state index contributed by atoms with van der Waals surface area (Å²) in [6, 6.07) is 14.7. The summed E-state index contributed by atoms with van der Waals surface area (Å²) in [7, 11) is 0. The van der Waals surface area contributed by atoms with Crippen molar-refractivity contribution in [2.24, 2.45) is 0 Å². The van der Waals surface area contributed by atoms with Crippen LogP contribution in [0.2, 0.25) is 0 Å². The molecule has 0 aliphatic rings. The zero-order chi connectivity index (χ0) is 14.7. The second kappa shape index (κ2) is 6.45. The van der Waals surface area contributed by atoms with Gasteiger partial charge in [0.1, 0.15) is 5.82 Å². The summed E-state index contributed by atoms with van der Waals surface area (Å²) in [5, 5.41) is 0.831. The van der Waals surface area contributed by atoms with E-state index in [1.807, 2.05) is 36.5 Å². The van der Waals surface area contributed by atoms with Crippen LogP contribution in [0.15, 0.2) is 64.4 Å². The van der Waals surface area contributed by atoms with Gasteiger partial charge in [-0.1, -0.05) is 52.0 Å². The fraction of sp³-hybridized carbons (Fsp3) is 0.0625. The zero-order valence-corrected chi connectivity index (χ0v) is 13.4. The molecule has 0 spiro atoms. The van der Waals surface area contributed by atoms with E-state index < -0.39 is 0 Å². The first-order chi connectivity index (χ1) is 10.2. The van der Waals surface area contributed by atoms with Crippen molar-refractivity contribution in [2.75, 3.05) is 0 Å². The molecule has 0 bridgehead atoms.